The normalized spacial score (nSPS) is 18.9. The van der Waals surface area contributed by atoms with Crippen LogP contribution in [-0.4, -0.2) is 22.0 Å². The Balaban J connectivity index is 2.06. The molecule has 1 aromatic heterocycles. The Morgan fingerprint density at radius 2 is 2.46 bits per heavy atom. The fraction of sp³-hybridized carbons (Fsp3) is 0.778. The van der Waals surface area contributed by atoms with Crippen molar-refractivity contribution in [3.63, 3.8) is 0 Å². The number of nitrogens with one attached hydrogen (secondary N) is 1. The van der Waals surface area contributed by atoms with Gasteiger partial charge in [-0.05, 0) is 19.4 Å². The maximum atomic E-state index is 3.94. The van der Waals surface area contributed by atoms with E-state index < -0.39 is 0 Å². The molecule has 0 amide bonds. The predicted octanol–water partition coefficient (Wildman–Crippen LogP) is 0.876. The maximum absolute atomic E-state index is 3.94. The lowest BCUT2D eigenvalue weighted by atomic mass is 10.1. The molecule has 0 radical (unpaired) electrons. The third-order valence-electron chi connectivity index (χ3n) is 2.72. The first-order valence-corrected chi connectivity index (χ1v) is 4.83. The van der Waals surface area contributed by atoms with E-state index in [2.05, 4.69) is 15.6 Å². The van der Waals surface area contributed by atoms with E-state index in [1.165, 1.54) is 25.0 Å². The fourth-order valence-corrected chi connectivity index (χ4v) is 1.69. The summed E-state index contributed by atoms with van der Waals surface area (Å²) in [4.78, 5) is 0. The molecule has 4 heteroatoms. The number of hydrogen-bond acceptors (Lipinski definition) is 3. The molecule has 13 heavy (non-hydrogen) atoms. The monoisotopic (exact) mass is 180 g/mol. The number of aryl methyl sites for hydroxylation is 1. The van der Waals surface area contributed by atoms with Gasteiger partial charge in [-0.2, -0.15) is 0 Å². The smallest absolute Gasteiger partial charge is 0.0753 e. The van der Waals surface area contributed by atoms with Crippen molar-refractivity contribution in [3.8, 4) is 0 Å². The highest BCUT2D eigenvalue weighted by Crippen LogP contribution is 2.37. The average molecular weight is 180 g/mol. The summed E-state index contributed by atoms with van der Waals surface area (Å²) in [6.07, 6.45) is 5.86. The van der Waals surface area contributed by atoms with E-state index in [0.29, 0.717) is 6.04 Å². The molecule has 1 aromatic rings. The van der Waals surface area contributed by atoms with Gasteiger partial charge < -0.3 is 5.32 Å². The third-order valence-corrected chi connectivity index (χ3v) is 2.72. The quantitative estimate of drug-likeness (QED) is 0.747. The summed E-state index contributed by atoms with van der Waals surface area (Å²) < 4.78 is 1.85. The van der Waals surface area contributed by atoms with Gasteiger partial charge in [-0.25, -0.2) is 0 Å². The lowest BCUT2D eigenvalue weighted by molar-refractivity contribution is 0.479. The molecule has 0 bridgehead atoms. The van der Waals surface area contributed by atoms with Crippen LogP contribution < -0.4 is 5.32 Å². The van der Waals surface area contributed by atoms with Gasteiger partial charge in [0.05, 0.1) is 17.9 Å². The SMILES string of the molecule is CNC(CC1CC1)c1cnnn1C. The minimum Gasteiger partial charge on any atom is -0.312 e. The molecule has 1 N–H and O–H groups in total. The lowest BCUT2D eigenvalue weighted by Gasteiger charge is -2.14. The molecular weight excluding hydrogens is 164 g/mol. The highest BCUT2D eigenvalue weighted by Gasteiger charge is 2.26. The van der Waals surface area contributed by atoms with Crippen LogP contribution in [0.5, 0.6) is 0 Å². The lowest BCUT2D eigenvalue weighted by Crippen LogP contribution is -2.19. The molecule has 2 rings (SSSR count). The van der Waals surface area contributed by atoms with Crippen molar-refractivity contribution in [3.05, 3.63) is 11.9 Å². The standard InChI is InChI=1S/C9H16N4/c1-10-8(5-7-3-4-7)9-6-11-12-13(9)2/h6-8,10H,3-5H2,1-2H3. The van der Waals surface area contributed by atoms with Gasteiger partial charge in [-0.3, -0.25) is 4.68 Å². The molecule has 0 aliphatic heterocycles. The second-order valence-electron chi connectivity index (χ2n) is 3.80. The third kappa shape index (κ3) is 1.88. The minimum atomic E-state index is 0.424. The summed E-state index contributed by atoms with van der Waals surface area (Å²) in [5.74, 6) is 0.923. The Morgan fingerprint density at radius 3 is 2.92 bits per heavy atom. The summed E-state index contributed by atoms with van der Waals surface area (Å²) in [5.41, 5.74) is 1.19. The van der Waals surface area contributed by atoms with Crippen LogP contribution in [0.15, 0.2) is 6.20 Å². The Morgan fingerprint density at radius 1 is 1.69 bits per heavy atom. The van der Waals surface area contributed by atoms with E-state index >= 15 is 0 Å². The second-order valence-corrected chi connectivity index (χ2v) is 3.80. The van der Waals surface area contributed by atoms with Gasteiger partial charge in [0.2, 0.25) is 0 Å². The van der Waals surface area contributed by atoms with Crippen molar-refractivity contribution in [2.75, 3.05) is 7.05 Å². The molecule has 1 heterocycles. The Bertz CT molecular complexity index is 277. The van der Waals surface area contributed by atoms with Crippen molar-refractivity contribution in [1.29, 1.82) is 0 Å². The van der Waals surface area contributed by atoms with E-state index in [1.54, 1.807) is 0 Å². The van der Waals surface area contributed by atoms with Gasteiger partial charge in [-0.15, -0.1) is 5.10 Å². The summed E-state index contributed by atoms with van der Waals surface area (Å²) in [7, 11) is 3.94. The first-order valence-electron chi connectivity index (χ1n) is 4.83. The van der Waals surface area contributed by atoms with Crippen LogP contribution >= 0.6 is 0 Å². The molecule has 1 atom stereocenters. The Labute approximate surface area is 78.3 Å². The van der Waals surface area contributed by atoms with Crippen molar-refractivity contribution >= 4 is 0 Å². The Hall–Kier alpha value is -0.900. The van der Waals surface area contributed by atoms with Gasteiger partial charge in [-0.1, -0.05) is 18.1 Å². The molecule has 1 aliphatic carbocycles. The first-order chi connectivity index (χ1) is 6.31. The highest BCUT2D eigenvalue weighted by molar-refractivity contribution is 5.02. The van der Waals surface area contributed by atoms with Gasteiger partial charge in [0, 0.05) is 7.05 Å². The van der Waals surface area contributed by atoms with E-state index in [-0.39, 0.29) is 0 Å². The van der Waals surface area contributed by atoms with Gasteiger partial charge in [0.15, 0.2) is 0 Å². The summed E-state index contributed by atoms with van der Waals surface area (Å²) in [6.45, 7) is 0. The van der Waals surface area contributed by atoms with Crippen LogP contribution in [0.1, 0.15) is 31.0 Å². The largest absolute Gasteiger partial charge is 0.312 e. The van der Waals surface area contributed by atoms with Crippen molar-refractivity contribution in [1.82, 2.24) is 20.3 Å². The molecule has 4 nitrogen and oxygen atoms in total. The molecule has 0 spiro atoms. The molecule has 1 fully saturated rings. The van der Waals surface area contributed by atoms with Crippen LogP contribution in [-0.2, 0) is 7.05 Å². The number of nitrogens with zero attached hydrogens (tertiary/aromatic N) is 3. The minimum absolute atomic E-state index is 0.424. The molecule has 1 saturated carbocycles. The van der Waals surface area contributed by atoms with Crippen LogP contribution in [0, 0.1) is 5.92 Å². The molecular formula is C9H16N4. The van der Waals surface area contributed by atoms with Crippen molar-refractivity contribution in [2.24, 2.45) is 13.0 Å². The van der Waals surface area contributed by atoms with E-state index in [1.807, 2.05) is 25.0 Å². The van der Waals surface area contributed by atoms with Gasteiger partial charge in [0.1, 0.15) is 0 Å². The van der Waals surface area contributed by atoms with Crippen LogP contribution in [0.2, 0.25) is 0 Å². The summed E-state index contributed by atoms with van der Waals surface area (Å²) in [6, 6.07) is 0.424. The number of aromatic nitrogens is 3. The zero-order valence-electron chi connectivity index (χ0n) is 8.20. The number of rotatable bonds is 4. The zero-order chi connectivity index (χ0) is 9.26. The van der Waals surface area contributed by atoms with Crippen molar-refractivity contribution < 1.29 is 0 Å². The van der Waals surface area contributed by atoms with Crippen LogP contribution in [0.4, 0.5) is 0 Å². The average Bonchev–Trinajstić information content (AvgIpc) is 2.85. The maximum Gasteiger partial charge on any atom is 0.0753 e. The molecule has 72 valence electrons. The van der Waals surface area contributed by atoms with Gasteiger partial charge >= 0.3 is 0 Å². The van der Waals surface area contributed by atoms with E-state index in [9.17, 15) is 0 Å². The molecule has 0 aromatic carbocycles. The van der Waals surface area contributed by atoms with E-state index in [0.717, 1.165) is 5.92 Å². The molecule has 1 aliphatic rings. The zero-order valence-corrected chi connectivity index (χ0v) is 8.20. The fourth-order valence-electron chi connectivity index (χ4n) is 1.69. The highest BCUT2D eigenvalue weighted by atomic mass is 15.4. The number of hydrogen-bond donors (Lipinski definition) is 1. The predicted molar refractivity (Wildman–Crippen MR) is 50.1 cm³/mol. The Kier molecular flexibility index (Phi) is 2.31. The van der Waals surface area contributed by atoms with Gasteiger partial charge in [0.25, 0.3) is 0 Å². The topological polar surface area (TPSA) is 42.7 Å². The van der Waals surface area contributed by atoms with Crippen molar-refractivity contribution in [2.45, 2.75) is 25.3 Å². The first kappa shape index (κ1) is 8.69. The second kappa shape index (κ2) is 3.46. The molecule has 0 saturated heterocycles. The van der Waals surface area contributed by atoms with Crippen LogP contribution in [0.3, 0.4) is 0 Å². The summed E-state index contributed by atoms with van der Waals surface area (Å²) >= 11 is 0. The van der Waals surface area contributed by atoms with Crippen LogP contribution in [0.25, 0.3) is 0 Å². The van der Waals surface area contributed by atoms with E-state index in [4.69, 9.17) is 0 Å². The molecule has 1 unspecified atom stereocenters. The summed E-state index contributed by atoms with van der Waals surface area (Å²) in [5, 5.41) is 11.1.